The molecule has 1 aromatic heterocycles. The Balaban J connectivity index is 1.40. The summed E-state index contributed by atoms with van der Waals surface area (Å²) in [6, 6.07) is 11.2. The molecular formula is C18H24N2O3. The molecule has 3 N–H and O–H groups in total. The molecule has 1 saturated heterocycles. The Morgan fingerprint density at radius 2 is 2.04 bits per heavy atom. The van der Waals surface area contributed by atoms with Crippen LogP contribution >= 0.6 is 0 Å². The number of aliphatic hydroxyl groups is 1. The largest absolute Gasteiger partial charge is 0.508 e. The third kappa shape index (κ3) is 4.58. The Morgan fingerprint density at radius 3 is 2.74 bits per heavy atom. The highest BCUT2D eigenvalue weighted by Crippen LogP contribution is 2.19. The van der Waals surface area contributed by atoms with Crippen molar-refractivity contribution in [1.82, 2.24) is 10.2 Å². The van der Waals surface area contributed by atoms with Crippen LogP contribution in [0.15, 0.2) is 47.1 Å². The average Bonchev–Trinajstić information content (AvgIpc) is 3.07. The van der Waals surface area contributed by atoms with Crippen LogP contribution in [0.5, 0.6) is 5.75 Å². The minimum absolute atomic E-state index is 0.188. The van der Waals surface area contributed by atoms with Gasteiger partial charge in [0.05, 0.1) is 18.9 Å². The number of hydrogen-bond acceptors (Lipinski definition) is 5. The number of furan rings is 1. The first-order valence-corrected chi connectivity index (χ1v) is 8.16. The average molecular weight is 316 g/mol. The summed E-state index contributed by atoms with van der Waals surface area (Å²) in [5, 5.41) is 23.1. The number of benzene rings is 1. The zero-order chi connectivity index (χ0) is 16.1. The third-order valence-electron chi connectivity index (χ3n) is 4.40. The summed E-state index contributed by atoms with van der Waals surface area (Å²) in [4.78, 5) is 2.39. The molecule has 2 aromatic rings. The number of nitrogens with one attached hydrogen (secondary N) is 1. The minimum Gasteiger partial charge on any atom is -0.508 e. The van der Waals surface area contributed by atoms with E-state index in [1.165, 1.54) is 0 Å². The number of piperidine rings is 1. The van der Waals surface area contributed by atoms with Gasteiger partial charge in [0, 0.05) is 25.7 Å². The fraction of sp³-hybridized carbons (Fsp3) is 0.444. The maximum Gasteiger partial charge on any atom is 0.117 e. The standard InChI is InChI=1S/C18H24N2O3/c21-16-4-1-3-14(11-16)18(22)12-19-15-6-8-20(9-7-15)13-17-5-2-10-23-17/h1-5,10-11,15,18-19,21-22H,6-9,12-13H2. The molecule has 0 aliphatic carbocycles. The van der Waals surface area contributed by atoms with Gasteiger partial charge in [0.1, 0.15) is 11.5 Å². The summed E-state index contributed by atoms with van der Waals surface area (Å²) >= 11 is 0. The maximum atomic E-state index is 10.2. The summed E-state index contributed by atoms with van der Waals surface area (Å²) in [7, 11) is 0. The van der Waals surface area contributed by atoms with E-state index in [-0.39, 0.29) is 5.75 Å². The molecule has 1 aliphatic rings. The molecular weight excluding hydrogens is 292 g/mol. The Hall–Kier alpha value is -1.82. The lowest BCUT2D eigenvalue weighted by Crippen LogP contribution is -2.43. The van der Waals surface area contributed by atoms with Crippen LogP contribution in [0.3, 0.4) is 0 Å². The molecule has 0 amide bonds. The van der Waals surface area contributed by atoms with Gasteiger partial charge >= 0.3 is 0 Å². The number of likely N-dealkylation sites (tertiary alicyclic amines) is 1. The van der Waals surface area contributed by atoms with Crippen molar-refractivity contribution in [1.29, 1.82) is 0 Å². The fourth-order valence-electron chi connectivity index (χ4n) is 3.05. The lowest BCUT2D eigenvalue weighted by atomic mass is 10.0. The Bertz CT molecular complexity index is 592. The monoisotopic (exact) mass is 316 g/mol. The van der Waals surface area contributed by atoms with E-state index in [2.05, 4.69) is 10.2 Å². The molecule has 5 heteroatoms. The molecule has 1 aliphatic heterocycles. The first-order valence-electron chi connectivity index (χ1n) is 8.16. The lowest BCUT2D eigenvalue weighted by molar-refractivity contribution is 0.146. The molecule has 1 aromatic carbocycles. The molecule has 5 nitrogen and oxygen atoms in total. The first kappa shape index (κ1) is 16.1. The number of aliphatic hydroxyl groups excluding tert-OH is 1. The van der Waals surface area contributed by atoms with E-state index in [0.29, 0.717) is 12.6 Å². The van der Waals surface area contributed by atoms with Crippen molar-refractivity contribution >= 4 is 0 Å². The number of phenols is 1. The van der Waals surface area contributed by atoms with E-state index < -0.39 is 6.10 Å². The van der Waals surface area contributed by atoms with E-state index in [0.717, 1.165) is 43.8 Å². The second-order valence-electron chi connectivity index (χ2n) is 6.15. The molecule has 23 heavy (non-hydrogen) atoms. The number of rotatable bonds is 6. The maximum absolute atomic E-state index is 10.2. The quantitative estimate of drug-likeness (QED) is 0.763. The van der Waals surface area contributed by atoms with E-state index in [1.54, 1.807) is 24.5 Å². The van der Waals surface area contributed by atoms with Gasteiger partial charge in [0.2, 0.25) is 0 Å². The van der Waals surface area contributed by atoms with Gasteiger partial charge in [-0.25, -0.2) is 0 Å². The van der Waals surface area contributed by atoms with Crippen molar-refractivity contribution in [2.45, 2.75) is 31.5 Å². The van der Waals surface area contributed by atoms with Gasteiger partial charge in [-0.2, -0.15) is 0 Å². The zero-order valence-corrected chi connectivity index (χ0v) is 13.2. The van der Waals surface area contributed by atoms with Gasteiger partial charge in [-0.3, -0.25) is 4.90 Å². The molecule has 0 radical (unpaired) electrons. The summed E-state index contributed by atoms with van der Waals surface area (Å²) in [5.41, 5.74) is 0.743. The van der Waals surface area contributed by atoms with Crippen LogP contribution in [0.2, 0.25) is 0 Å². The number of phenolic OH excluding ortho intramolecular Hbond substituents is 1. The Labute approximate surface area is 136 Å². The van der Waals surface area contributed by atoms with Crippen molar-refractivity contribution in [3.63, 3.8) is 0 Å². The van der Waals surface area contributed by atoms with Crippen molar-refractivity contribution in [2.75, 3.05) is 19.6 Å². The number of hydrogen-bond donors (Lipinski definition) is 3. The minimum atomic E-state index is -0.594. The molecule has 3 rings (SSSR count). The van der Waals surface area contributed by atoms with E-state index in [1.807, 2.05) is 18.2 Å². The summed E-state index contributed by atoms with van der Waals surface area (Å²) in [5.74, 6) is 1.20. The smallest absolute Gasteiger partial charge is 0.117 e. The molecule has 2 heterocycles. The van der Waals surface area contributed by atoms with Crippen LogP contribution in [0.4, 0.5) is 0 Å². The summed E-state index contributed by atoms with van der Waals surface area (Å²) in [6.07, 6.45) is 3.25. The van der Waals surface area contributed by atoms with Gasteiger partial charge in [0.15, 0.2) is 0 Å². The molecule has 1 atom stereocenters. The van der Waals surface area contributed by atoms with E-state index in [9.17, 15) is 10.2 Å². The highest BCUT2D eigenvalue weighted by atomic mass is 16.3. The second-order valence-corrected chi connectivity index (χ2v) is 6.15. The molecule has 124 valence electrons. The van der Waals surface area contributed by atoms with Crippen molar-refractivity contribution < 1.29 is 14.6 Å². The van der Waals surface area contributed by atoms with Gasteiger partial charge in [-0.05, 0) is 42.7 Å². The third-order valence-corrected chi connectivity index (χ3v) is 4.40. The number of aromatic hydroxyl groups is 1. The SMILES string of the molecule is Oc1cccc(C(O)CNC2CCN(Cc3ccco3)CC2)c1. The van der Waals surface area contributed by atoms with Crippen LogP contribution < -0.4 is 5.32 Å². The normalized spacial score (nSPS) is 18.1. The van der Waals surface area contributed by atoms with Crippen LogP contribution in [-0.4, -0.2) is 40.8 Å². The van der Waals surface area contributed by atoms with Gasteiger partial charge in [0.25, 0.3) is 0 Å². The van der Waals surface area contributed by atoms with Gasteiger partial charge in [-0.1, -0.05) is 12.1 Å². The van der Waals surface area contributed by atoms with Crippen LogP contribution in [-0.2, 0) is 6.54 Å². The predicted octanol–water partition coefficient (Wildman–Crippen LogP) is 2.27. The highest BCUT2D eigenvalue weighted by Gasteiger charge is 2.20. The topological polar surface area (TPSA) is 68.9 Å². The summed E-state index contributed by atoms with van der Waals surface area (Å²) in [6.45, 7) is 3.43. The zero-order valence-electron chi connectivity index (χ0n) is 13.2. The molecule has 0 bridgehead atoms. The molecule has 1 unspecified atom stereocenters. The van der Waals surface area contributed by atoms with E-state index in [4.69, 9.17) is 4.42 Å². The Kier molecular flexibility index (Phi) is 5.33. The molecule has 0 spiro atoms. The fourth-order valence-corrected chi connectivity index (χ4v) is 3.05. The van der Waals surface area contributed by atoms with Crippen LogP contribution in [0, 0.1) is 0 Å². The first-order chi connectivity index (χ1) is 11.2. The lowest BCUT2D eigenvalue weighted by Gasteiger charge is -2.32. The highest BCUT2D eigenvalue weighted by molar-refractivity contribution is 5.28. The predicted molar refractivity (Wildman–Crippen MR) is 88.1 cm³/mol. The Morgan fingerprint density at radius 1 is 1.22 bits per heavy atom. The van der Waals surface area contributed by atoms with Crippen LogP contribution in [0.25, 0.3) is 0 Å². The van der Waals surface area contributed by atoms with Crippen LogP contribution in [0.1, 0.15) is 30.3 Å². The number of nitrogens with zero attached hydrogens (tertiary/aromatic N) is 1. The molecule has 1 fully saturated rings. The van der Waals surface area contributed by atoms with E-state index >= 15 is 0 Å². The molecule has 0 saturated carbocycles. The van der Waals surface area contributed by atoms with Crippen molar-refractivity contribution in [3.05, 3.63) is 54.0 Å². The van der Waals surface area contributed by atoms with Crippen molar-refractivity contribution in [2.24, 2.45) is 0 Å². The van der Waals surface area contributed by atoms with Gasteiger partial charge in [-0.15, -0.1) is 0 Å². The summed E-state index contributed by atoms with van der Waals surface area (Å²) < 4.78 is 5.39. The van der Waals surface area contributed by atoms with Gasteiger partial charge < -0.3 is 19.9 Å². The second kappa shape index (κ2) is 7.64. The van der Waals surface area contributed by atoms with Crippen molar-refractivity contribution in [3.8, 4) is 5.75 Å².